The van der Waals surface area contributed by atoms with Crippen LogP contribution in [0, 0.1) is 6.92 Å². The Morgan fingerprint density at radius 1 is 1.60 bits per heavy atom. The molecule has 7 nitrogen and oxygen atoms in total. The third kappa shape index (κ3) is 2.82. The molecule has 0 radical (unpaired) electrons. The first-order valence-corrected chi connectivity index (χ1v) is 6.67. The van der Waals surface area contributed by atoms with Crippen molar-refractivity contribution in [3.8, 4) is 0 Å². The monoisotopic (exact) mass is 280 g/mol. The molecule has 2 heterocycles. The van der Waals surface area contributed by atoms with Crippen molar-refractivity contribution in [2.45, 2.75) is 32.9 Å². The number of carbonyl (C=O) groups is 2. The van der Waals surface area contributed by atoms with E-state index in [0.717, 1.165) is 5.69 Å². The van der Waals surface area contributed by atoms with E-state index in [9.17, 15) is 9.59 Å². The van der Waals surface area contributed by atoms with E-state index in [1.165, 1.54) is 4.90 Å². The molecule has 0 aliphatic carbocycles. The van der Waals surface area contributed by atoms with Gasteiger partial charge in [-0.2, -0.15) is 5.10 Å². The first kappa shape index (κ1) is 14.5. The summed E-state index contributed by atoms with van der Waals surface area (Å²) in [6, 6.07) is 1.27. The van der Waals surface area contributed by atoms with Crippen LogP contribution in [0.15, 0.2) is 6.07 Å². The van der Waals surface area contributed by atoms with Gasteiger partial charge in [-0.25, -0.2) is 4.68 Å². The zero-order chi connectivity index (χ0) is 14.7. The molecule has 2 rings (SSSR count). The highest BCUT2D eigenvalue weighted by atomic mass is 16.5. The fourth-order valence-corrected chi connectivity index (χ4v) is 2.30. The van der Waals surface area contributed by atoms with Crippen LogP contribution in [0.2, 0.25) is 0 Å². The van der Waals surface area contributed by atoms with E-state index in [2.05, 4.69) is 10.4 Å². The number of fused-ring (bicyclic) bond motifs is 1. The molecule has 1 aliphatic rings. The fourth-order valence-electron chi connectivity index (χ4n) is 2.30. The van der Waals surface area contributed by atoms with E-state index in [1.807, 2.05) is 13.0 Å². The maximum Gasteiger partial charge on any atom is 0.243 e. The van der Waals surface area contributed by atoms with Crippen LogP contribution in [0.4, 0.5) is 5.82 Å². The minimum atomic E-state index is -0.561. The Labute approximate surface area is 117 Å². The molecule has 0 spiro atoms. The Bertz CT molecular complexity index is 512. The average Bonchev–Trinajstić information content (AvgIpc) is 2.78. The molecule has 0 aromatic carbocycles. The molecule has 110 valence electrons. The molecule has 1 aliphatic heterocycles. The zero-order valence-electron chi connectivity index (χ0n) is 12.0. The van der Waals surface area contributed by atoms with Crippen molar-refractivity contribution >= 4 is 17.6 Å². The van der Waals surface area contributed by atoms with Crippen LogP contribution in [-0.2, 0) is 20.9 Å². The smallest absolute Gasteiger partial charge is 0.243 e. The van der Waals surface area contributed by atoms with Crippen molar-refractivity contribution in [1.29, 1.82) is 0 Å². The van der Waals surface area contributed by atoms with Crippen LogP contribution < -0.4 is 10.2 Å². The van der Waals surface area contributed by atoms with Gasteiger partial charge in [0.05, 0.1) is 18.8 Å². The molecule has 0 fully saturated rings. The lowest BCUT2D eigenvalue weighted by atomic mass is 10.2. The van der Waals surface area contributed by atoms with E-state index in [0.29, 0.717) is 31.9 Å². The van der Waals surface area contributed by atoms with E-state index >= 15 is 0 Å². The first-order valence-electron chi connectivity index (χ1n) is 6.67. The molecule has 7 heteroatoms. The summed E-state index contributed by atoms with van der Waals surface area (Å²) < 4.78 is 6.66. The number of hydrogen-bond donors (Lipinski definition) is 1. The van der Waals surface area contributed by atoms with Crippen molar-refractivity contribution < 1.29 is 14.3 Å². The maximum absolute atomic E-state index is 12.1. The molecule has 1 atom stereocenters. The van der Waals surface area contributed by atoms with Gasteiger partial charge in [0.15, 0.2) is 0 Å². The summed E-state index contributed by atoms with van der Waals surface area (Å²) in [4.78, 5) is 25.7. The highest BCUT2D eigenvalue weighted by Gasteiger charge is 2.32. The zero-order valence-corrected chi connectivity index (χ0v) is 12.0. The van der Waals surface area contributed by atoms with Gasteiger partial charge in [-0.1, -0.05) is 0 Å². The Morgan fingerprint density at radius 2 is 2.35 bits per heavy atom. The normalized spacial score (nSPS) is 15.9. The molecule has 1 aromatic heterocycles. The number of ether oxygens (including phenoxy) is 1. The second kappa shape index (κ2) is 6.04. The average molecular weight is 280 g/mol. The lowest BCUT2D eigenvalue weighted by molar-refractivity contribution is -0.126. The first-order chi connectivity index (χ1) is 9.54. The van der Waals surface area contributed by atoms with Gasteiger partial charge in [-0.3, -0.25) is 14.5 Å². The van der Waals surface area contributed by atoms with Gasteiger partial charge in [0.1, 0.15) is 11.9 Å². The molecular weight excluding hydrogens is 260 g/mol. The maximum atomic E-state index is 12.1. The number of nitrogens with one attached hydrogen (secondary N) is 1. The molecule has 0 saturated heterocycles. The van der Waals surface area contributed by atoms with Crippen LogP contribution >= 0.6 is 0 Å². The van der Waals surface area contributed by atoms with Crippen LogP contribution in [0.3, 0.4) is 0 Å². The number of carbonyl (C=O) groups excluding carboxylic acids is 2. The Kier molecular flexibility index (Phi) is 4.39. The molecule has 0 saturated carbocycles. The van der Waals surface area contributed by atoms with Gasteiger partial charge in [0, 0.05) is 26.1 Å². The predicted octanol–water partition coefficient (Wildman–Crippen LogP) is 0.0793. The highest BCUT2D eigenvalue weighted by molar-refractivity contribution is 6.00. The minimum absolute atomic E-state index is 0.0493. The van der Waals surface area contributed by atoms with Crippen molar-refractivity contribution in [2.24, 2.45) is 0 Å². The summed E-state index contributed by atoms with van der Waals surface area (Å²) in [5.74, 6) is 0.447. The molecular formula is C13H20N4O3. The van der Waals surface area contributed by atoms with E-state index in [-0.39, 0.29) is 11.8 Å². The molecule has 0 bridgehead atoms. The van der Waals surface area contributed by atoms with E-state index in [1.54, 1.807) is 18.7 Å². The van der Waals surface area contributed by atoms with Crippen molar-refractivity contribution in [1.82, 2.24) is 15.1 Å². The van der Waals surface area contributed by atoms with Gasteiger partial charge < -0.3 is 10.1 Å². The highest BCUT2D eigenvalue weighted by Crippen LogP contribution is 2.24. The summed E-state index contributed by atoms with van der Waals surface area (Å²) in [5, 5.41) is 7.08. The number of amides is 2. The second-order valence-electron chi connectivity index (χ2n) is 4.84. The largest absolute Gasteiger partial charge is 0.383 e. The Balaban J connectivity index is 2.14. The number of aryl methyl sites for hydroxylation is 2. The molecule has 1 N–H and O–H groups in total. The quantitative estimate of drug-likeness (QED) is 0.775. The Morgan fingerprint density at radius 3 is 3.05 bits per heavy atom. The summed E-state index contributed by atoms with van der Waals surface area (Å²) in [5.41, 5.74) is 0.840. The second-order valence-corrected chi connectivity index (χ2v) is 4.84. The van der Waals surface area contributed by atoms with Crippen molar-refractivity contribution in [2.75, 3.05) is 25.2 Å². The summed E-state index contributed by atoms with van der Waals surface area (Å²) in [6.45, 7) is 5.04. The van der Waals surface area contributed by atoms with Gasteiger partial charge >= 0.3 is 0 Å². The van der Waals surface area contributed by atoms with Crippen molar-refractivity contribution in [3.05, 3.63) is 11.8 Å². The topological polar surface area (TPSA) is 76.5 Å². The van der Waals surface area contributed by atoms with Crippen LogP contribution in [-0.4, -0.2) is 47.9 Å². The minimum Gasteiger partial charge on any atom is -0.383 e. The van der Waals surface area contributed by atoms with Gasteiger partial charge in [-0.15, -0.1) is 0 Å². The summed E-state index contributed by atoms with van der Waals surface area (Å²) >= 11 is 0. The van der Waals surface area contributed by atoms with Gasteiger partial charge in [-0.05, 0) is 13.8 Å². The lowest BCUT2D eigenvalue weighted by Gasteiger charge is -2.31. The number of methoxy groups -OCH3 is 1. The molecule has 20 heavy (non-hydrogen) atoms. The number of rotatable bonds is 5. The molecule has 1 aromatic rings. The third-order valence-corrected chi connectivity index (χ3v) is 3.31. The number of nitrogens with zero attached hydrogens (tertiary/aromatic N) is 3. The van der Waals surface area contributed by atoms with Gasteiger partial charge in [0.2, 0.25) is 11.8 Å². The van der Waals surface area contributed by atoms with Crippen LogP contribution in [0.25, 0.3) is 0 Å². The number of anilines is 1. The standard InChI is InChI=1S/C13H20N4O3/c1-9-8-11-16(15-9)6-4-12(18)17(11)10(2)13(19)14-5-7-20-3/h8,10H,4-7H2,1-3H3,(H,14,19). The predicted molar refractivity (Wildman–Crippen MR) is 73.4 cm³/mol. The number of aromatic nitrogens is 2. The SMILES string of the molecule is COCCNC(=O)C(C)N1C(=O)CCn2nc(C)cc21. The summed E-state index contributed by atoms with van der Waals surface area (Å²) in [7, 11) is 1.57. The summed E-state index contributed by atoms with van der Waals surface area (Å²) in [6.07, 6.45) is 0.365. The van der Waals surface area contributed by atoms with Crippen LogP contribution in [0.1, 0.15) is 19.0 Å². The fraction of sp³-hybridized carbons (Fsp3) is 0.615. The molecule has 2 amide bonds. The van der Waals surface area contributed by atoms with Gasteiger partial charge in [0.25, 0.3) is 0 Å². The molecule has 1 unspecified atom stereocenters. The van der Waals surface area contributed by atoms with Crippen LogP contribution in [0.5, 0.6) is 0 Å². The lowest BCUT2D eigenvalue weighted by Crippen LogP contribution is -2.51. The van der Waals surface area contributed by atoms with E-state index in [4.69, 9.17) is 4.74 Å². The van der Waals surface area contributed by atoms with E-state index < -0.39 is 6.04 Å². The third-order valence-electron chi connectivity index (χ3n) is 3.31. The Hall–Kier alpha value is -1.89. The van der Waals surface area contributed by atoms with Crippen molar-refractivity contribution in [3.63, 3.8) is 0 Å². The number of hydrogen-bond acceptors (Lipinski definition) is 4.